The van der Waals surface area contributed by atoms with Gasteiger partial charge in [0.25, 0.3) is 0 Å². The summed E-state index contributed by atoms with van der Waals surface area (Å²) in [5, 5.41) is 40.0. The third kappa shape index (κ3) is 2.67. The van der Waals surface area contributed by atoms with Gasteiger partial charge >= 0.3 is 0 Å². The fourth-order valence-electron chi connectivity index (χ4n) is 4.93. The van der Waals surface area contributed by atoms with Gasteiger partial charge in [0.05, 0.1) is 17.6 Å². The zero-order valence-electron chi connectivity index (χ0n) is 14.7. The minimum Gasteiger partial charge on any atom is -0.394 e. The molecule has 144 valence electrons. The Bertz CT molecular complexity index is 812. The molecule has 2 saturated heterocycles. The molecule has 2 aliphatic heterocycles. The van der Waals surface area contributed by atoms with Crippen LogP contribution >= 0.6 is 0 Å². The second-order valence-corrected chi connectivity index (χ2v) is 7.83. The molecule has 7 atom stereocenters. The van der Waals surface area contributed by atoms with Crippen LogP contribution < -0.4 is 0 Å². The minimum atomic E-state index is -1.35. The highest BCUT2D eigenvalue weighted by Crippen LogP contribution is 2.47. The second kappa shape index (κ2) is 6.44. The second-order valence-electron chi connectivity index (χ2n) is 7.83. The quantitative estimate of drug-likeness (QED) is 0.547. The molecule has 3 heterocycles. The summed E-state index contributed by atoms with van der Waals surface area (Å²) in [6, 6.07) is 4.22. The Hall–Kier alpha value is -1.68. The van der Waals surface area contributed by atoms with Crippen LogP contribution in [0.4, 0.5) is 0 Å². The molecule has 8 heteroatoms. The van der Waals surface area contributed by atoms with Crippen molar-refractivity contribution >= 4 is 11.0 Å². The first-order chi connectivity index (χ1) is 13.1. The molecule has 4 N–H and O–H groups in total. The number of ether oxygens (including phenoxy) is 1. The van der Waals surface area contributed by atoms with Gasteiger partial charge < -0.3 is 25.2 Å². The van der Waals surface area contributed by atoms with Crippen LogP contribution in [-0.2, 0) is 4.74 Å². The van der Waals surface area contributed by atoms with E-state index in [-0.39, 0.29) is 11.8 Å². The molecule has 2 aromatic rings. The lowest BCUT2D eigenvalue weighted by Crippen LogP contribution is -2.64. The molecule has 2 fully saturated rings. The Labute approximate surface area is 156 Å². The molecule has 1 aliphatic carbocycles. The number of hydrogen-bond donors (Lipinski definition) is 4. The van der Waals surface area contributed by atoms with Gasteiger partial charge in [-0.2, -0.15) is 0 Å². The molecule has 0 saturated carbocycles. The predicted octanol–water partition coefficient (Wildman–Crippen LogP) is -0.684. The highest BCUT2D eigenvalue weighted by atomic mass is 16.6. The average molecular weight is 373 g/mol. The van der Waals surface area contributed by atoms with Crippen molar-refractivity contribution in [1.29, 1.82) is 0 Å². The summed E-state index contributed by atoms with van der Waals surface area (Å²) in [6.07, 6.45) is -1.14. The number of nitrogens with zero attached hydrogens (tertiary/aromatic N) is 3. The van der Waals surface area contributed by atoms with Crippen molar-refractivity contribution in [1.82, 2.24) is 14.9 Å². The lowest BCUT2D eigenvalue weighted by Gasteiger charge is -2.46. The van der Waals surface area contributed by atoms with Crippen LogP contribution in [0.1, 0.15) is 29.4 Å². The van der Waals surface area contributed by atoms with E-state index in [4.69, 9.17) is 4.74 Å². The van der Waals surface area contributed by atoms with Crippen molar-refractivity contribution in [3.8, 4) is 0 Å². The SMILES string of the molecule is OC[C@@H]1O[C@@H](N2C[C@H]3C[C@H](C2)c2cc4nccnc4cc23)[C@H](O)[C@@H](O)[C@@H]1O. The van der Waals surface area contributed by atoms with E-state index in [0.29, 0.717) is 13.1 Å². The highest BCUT2D eigenvalue weighted by molar-refractivity contribution is 5.77. The molecule has 27 heavy (non-hydrogen) atoms. The van der Waals surface area contributed by atoms with Crippen molar-refractivity contribution in [2.75, 3.05) is 19.7 Å². The fourth-order valence-corrected chi connectivity index (χ4v) is 4.93. The van der Waals surface area contributed by atoms with E-state index in [1.165, 1.54) is 11.1 Å². The molecule has 2 bridgehead atoms. The van der Waals surface area contributed by atoms with Crippen molar-refractivity contribution in [3.05, 3.63) is 35.7 Å². The Balaban J connectivity index is 1.44. The number of aliphatic hydroxyl groups excluding tert-OH is 4. The fraction of sp³-hybridized carbons (Fsp3) is 0.579. The number of aromatic nitrogens is 2. The summed E-state index contributed by atoms with van der Waals surface area (Å²) in [7, 11) is 0. The van der Waals surface area contributed by atoms with E-state index in [9.17, 15) is 20.4 Å². The van der Waals surface area contributed by atoms with Crippen molar-refractivity contribution < 1.29 is 25.2 Å². The maximum absolute atomic E-state index is 10.5. The molecule has 0 radical (unpaired) electrons. The number of likely N-dealkylation sites (tertiary alicyclic amines) is 1. The zero-order chi connectivity index (χ0) is 18.7. The average Bonchev–Trinajstić information content (AvgIpc) is 2.94. The van der Waals surface area contributed by atoms with Gasteiger partial charge in [0, 0.05) is 25.5 Å². The topological polar surface area (TPSA) is 119 Å². The van der Waals surface area contributed by atoms with Gasteiger partial charge in [-0.15, -0.1) is 0 Å². The Morgan fingerprint density at radius 3 is 2.07 bits per heavy atom. The summed E-state index contributed by atoms with van der Waals surface area (Å²) in [6.45, 7) is 0.945. The molecular weight excluding hydrogens is 350 g/mol. The molecular formula is C19H23N3O5. The van der Waals surface area contributed by atoms with Gasteiger partial charge in [-0.25, -0.2) is 0 Å². The van der Waals surface area contributed by atoms with Crippen LogP contribution in [0.25, 0.3) is 11.0 Å². The van der Waals surface area contributed by atoms with E-state index in [1.54, 1.807) is 12.4 Å². The number of piperidine rings is 1. The molecule has 0 spiro atoms. The first kappa shape index (κ1) is 17.4. The van der Waals surface area contributed by atoms with E-state index in [2.05, 4.69) is 22.1 Å². The van der Waals surface area contributed by atoms with Crippen LogP contribution in [0.3, 0.4) is 0 Å². The van der Waals surface area contributed by atoms with Crippen molar-refractivity contribution in [2.24, 2.45) is 0 Å². The van der Waals surface area contributed by atoms with E-state index in [0.717, 1.165) is 17.5 Å². The van der Waals surface area contributed by atoms with Gasteiger partial charge in [0.15, 0.2) is 0 Å². The van der Waals surface area contributed by atoms with Gasteiger partial charge in [0.2, 0.25) is 0 Å². The summed E-state index contributed by atoms with van der Waals surface area (Å²) >= 11 is 0. The Kier molecular flexibility index (Phi) is 4.15. The third-order valence-corrected chi connectivity index (χ3v) is 6.26. The Morgan fingerprint density at radius 1 is 0.926 bits per heavy atom. The summed E-state index contributed by atoms with van der Waals surface area (Å²) in [5.74, 6) is 0.579. The molecule has 5 rings (SSSR count). The minimum absolute atomic E-state index is 0.289. The number of hydrogen-bond acceptors (Lipinski definition) is 8. The molecule has 1 aromatic heterocycles. The highest BCUT2D eigenvalue weighted by Gasteiger charge is 2.49. The van der Waals surface area contributed by atoms with E-state index >= 15 is 0 Å². The lowest BCUT2D eigenvalue weighted by atomic mass is 9.92. The van der Waals surface area contributed by atoms with Crippen molar-refractivity contribution in [2.45, 2.75) is 48.9 Å². The first-order valence-corrected chi connectivity index (χ1v) is 9.36. The van der Waals surface area contributed by atoms with Gasteiger partial charge in [-0.05, 0) is 41.5 Å². The van der Waals surface area contributed by atoms with E-state index < -0.39 is 37.3 Å². The maximum atomic E-state index is 10.5. The van der Waals surface area contributed by atoms with Crippen molar-refractivity contribution in [3.63, 3.8) is 0 Å². The van der Waals surface area contributed by atoms with Crippen LogP contribution in [0.2, 0.25) is 0 Å². The normalized spacial score (nSPS) is 38.9. The van der Waals surface area contributed by atoms with Gasteiger partial charge in [-0.1, -0.05) is 0 Å². The summed E-state index contributed by atoms with van der Waals surface area (Å²) in [4.78, 5) is 10.8. The third-order valence-electron chi connectivity index (χ3n) is 6.26. The monoisotopic (exact) mass is 373 g/mol. The van der Waals surface area contributed by atoms with Crippen LogP contribution in [-0.4, -0.2) is 85.6 Å². The number of aliphatic hydroxyl groups is 4. The number of fused-ring (bicyclic) bond motifs is 6. The standard InChI is InChI=1S/C19H23N3O5/c23-8-15-16(24)17(25)18(26)19(27-15)22-6-9-3-10(7-22)12-5-14-13(4-11(9)12)20-1-2-21-14/h1-2,4-5,9-10,15-19,23-26H,3,6-8H2/t9-,10-,15+,16-,17+,18-,19-/m1/s1. The number of rotatable bonds is 2. The number of benzene rings is 1. The van der Waals surface area contributed by atoms with Gasteiger partial charge in [-0.3, -0.25) is 14.9 Å². The summed E-state index contributed by atoms with van der Waals surface area (Å²) < 4.78 is 5.76. The Morgan fingerprint density at radius 2 is 1.52 bits per heavy atom. The smallest absolute Gasteiger partial charge is 0.140 e. The first-order valence-electron chi connectivity index (χ1n) is 9.36. The van der Waals surface area contributed by atoms with E-state index in [1.807, 2.05) is 4.90 Å². The predicted molar refractivity (Wildman–Crippen MR) is 95.0 cm³/mol. The van der Waals surface area contributed by atoms with Crippen LogP contribution in [0.5, 0.6) is 0 Å². The lowest BCUT2D eigenvalue weighted by molar-refractivity contribution is -0.267. The van der Waals surface area contributed by atoms with Crippen LogP contribution in [0, 0.1) is 0 Å². The van der Waals surface area contributed by atoms with Gasteiger partial charge in [0.1, 0.15) is 30.6 Å². The molecule has 1 aromatic carbocycles. The molecule has 0 amide bonds. The maximum Gasteiger partial charge on any atom is 0.140 e. The molecule has 8 nitrogen and oxygen atoms in total. The molecule has 3 aliphatic rings. The van der Waals surface area contributed by atoms with Crippen LogP contribution in [0.15, 0.2) is 24.5 Å². The largest absolute Gasteiger partial charge is 0.394 e. The zero-order valence-corrected chi connectivity index (χ0v) is 14.7. The molecule has 0 unspecified atom stereocenters. The summed E-state index contributed by atoms with van der Waals surface area (Å²) in [5.41, 5.74) is 4.28.